The van der Waals surface area contributed by atoms with E-state index in [4.69, 9.17) is 9.47 Å². The number of unbranched alkanes of at least 4 members (excludes halogenated alkanes) is 2. The summed E-state index contributed by atoms with van der Waals surface area (Å²) in [6, 6.07) is 35.5. The van der Waals surface area contributed by atoms with Crippen molar-refractivity contribution in [2.45, 2.75) is 45.1 Å². The molecule has 0 spiro atoms. The maximum absolute atomic E-state index is 11.3. The average Bonchev–Trinajstić information content (AvgIpc) is 3.02. The number of carboxylic acids is 1. The highest BCUT2D eigenvalue weighted by Gasteiger charge is 2.18. The molecule has 6 nitrogen and oxygen atoms in total. The number of carboxylic acid groups (broad SMARTS) is 1. The fraction of sp³-hybridized carbons (Fsp3) is 0.286. The standard InChI is InChI=1S/C35H39NO5/c37-23-9-3-8-22-36(24-28-14-18-32(19-15-28)35(38)39)25-34(31-12-6-2-7-13-31)41-27-30-16-20-33(21-17-30)40-26-29-10-4-1-5-11-29/h1-2,4-7,10-21,34,37H,3,8-9,22-27H2,(H,38,39). The van der Waals surface area contributed by atoms with Gasteiger partial charge in [-0.1, -0.05) is 84.9 Å². The van der Waals surface area contributed by atoms with E-state index in [-0.39, 0.29) is 18.3 Å². The SMILES string of the molecule is O=C(O)c1ccc(CN(CCCCCO)CC(OCc2ccc(OCc3ccccc3)cc2)c2ccccc2)cc1. The number of ether oxygens (including phenoxy) is 2. The maximum Gasteiger partial charge on any atom is 0.335 e. The first kappa shape index (κ1) is 30.0. The van der Waals surface area contributed by atoms with Gasteiger partial charge in [0.05, 0.1) is 18.3 Å². The zero-order chi connectivity index (χ0) is 28.7. The molecule has 0 heterocycles. The van der Waals surface area contributed by atoms with Crippen LogP contribution >= 0.6 is 0 Å². The van der Waals surface area contributed by atoms with Crippen molar-refractivity contribution in [3.05, 3.63) is 137 Å². The summed E-state index contributed by atoms with van der Waals surface area (Å²) in [5.41, 5.74) is 4.64. The lowest BCUT2D eigenvalue weighted by Gasteiger charge is -2.28. The third-order valence-corrected chi connectivity index (χ3v) is 6.96. The second-order valence-corrected chi connectivity index (χ2v) is 10.2. The summed E-state index contributed by atoms with van der Waals surface area (Å²) in [4.78, 5) is 13.6. The van der Waals surface area contributed by atoms with Gasteiger partial charge >= 0.3 is 5.97 Å². The van der Waals surface area contributed by atoms with E-state index in [1.54, 1.807) is 12.1 Å². The summed E-state index contributed by atoms with van der Waals surface area (Å²) in [5, 5.41) is 18.5. The van der Waals surface area contributed by atoms with Crippen LogP contribution in [0.1, 0.15) is 58.0 Å². The Morgan fingerprint density at radius 3 is 2.00 bits per heavy atom. The Kier molecular flexibility index (Phi) is 11.9. The van der Waals surface area contributed by atoms with E-state index < -0.39 is 5.97 Å². The largest absolute Gasteiger partial charge is 0.489 e. The molecule has 6 heteroatoms. The summed E-state index contributed by atoms with van der Waals surface area (Å²) in [6.07, 6.45) is 2.53. The van der Waals surface area contributed by atoms with Crippen LogP contribution in [0.2, 0.25) is 0 Å². The molecule has 0 fully saturated rings. The van der Waals surface area contributed by atoms with E-state index in [1.807, 2.05) is 84.9 Å². The number of rotatable bonds is 17. The van der Waals surface area contributed by atoms with Crippen molar-refractivity contribution in [2.24, 2.45) is 0 Å². The van der Waals surface area contributed by atoms with Gasteiger partial charge in [0.15, 0.2) is 0 Å². The fourth-order valence-corrected chi connectivity index (χ4v) is 4.65. The van der Waals surface area contributed by atoms with Gasteiger partial charge in [-0.05, 0) is 72.3 Å². The number of hydrogen-bond acceptors (Lipinski definition) is 5. The Balaban J connectivity index is 1.41. The highest BCUT2D eigenvalue weighted by molar-refractivity contribution is 5.87. The second-order valence-electron chi connectivity index (χ2n) is 10.2. The third-order valence-electron chi connectivity index (χ3n) is 6.96. The van der Waals surface area contributed by atoms with Gasteiger partial charge in [0.1, 0.15) is 12.4 Å². The van der Waals surface area contributed by atoms with Gasteiger partial charge in [0.25, 0.3) is 0 Å². The van der Waals surface area contributed by atoms with E-state index in [1.165, 1.54) is 0 Å². The van der Waals surface area contributed by atoms with Gasteiger partial charge in [-0.3, -0.25) is 4.90 Å². The molecule has 0 aromatic heterocycles. The molecule has 1 atom stereocenters. The van der Waals surface area contributed by atoms with Gasteiger partial charge in [-0.15, -0.1) is 0 Å². The molecule has 0 saturated carbocycles. The lowest BCUT2D eigenvalue weighted by molar-refractivity contribution is 0.0114. The van der Waals surface area contributed by atoms with Crippen molar-refractivity contribution >= 4 is 5.97 Å². The molecule has 4 rings (SSSR count). The Labute approximate surface area is 242 Å². The van der Waals surface area contributed by atoms with Crippen molar-refractivity contribution < 1.29 is 24.5 Å². The molecule has 2 N–H and O–H groups in total. The van der Waals surface area contributed by atoms with Crippen molar-refractivity contribution in [1.29, 1.82) is 0 Å². The highest BCUT2D eigenvalue weighted by atomic mass is 16.5. The molecule has 0 bridgehead atoms. The first-order valence-electron chi connectivity index (χ1n) is 14.2. The van der Waals surface area contributed by atoms with Crippen LogP contribution in [0.25, 0.3) is 0 Å². The molecule has 0 saturated heterocycles. The highest BCUT2D eigenvalue weighted by Crippen LogP contribution is 2.23. The average molecular weight is 554 g/mol. The van der Waals surface area contributed by atoms with Crippen LogP contribution in [0, 0.1) is 0 Å². The topological polar surface area (TPSA) is 79.2 Å². The number of nitrogens with zero attached hydrogens (tertiary/aromatic N) is 1. The lowest BCUT2D eigenvalue weighted by Crippen LogP contribution is -2.30. The monoisotopic (exact) mass is 553 g/mol. The Morgan fingerprint density at radius 2 is 1.34 bits per heavy atom. The summed E-state index contributed by atoms with van der Waals surface area (Å²) in [6.45, 7) is 3.40. The first-order chi connectivity index (χ1) is 20.1. The molecule has 0 aliphatic carbocycles. The van der Waals surface area contributed by atoms with Crippen LogP contribution in [0.15, 0.2) is 109 Å². The minimum absolute atomic E-state index is 0.152. The predicted molar refractivity (Wildman–Crippen MR) is 161 cm³/mol. The summed E-state index contributed by atoms with van der Waals surface area (Å²) in [5.74, 6) is -0.106. The van der Waals surface area contributed by atoms with Crippen molar-refractivity contribution in [3.63, 3.8) is 0 Å². The fourth-order valence-electron chi connectivity index (χ4n) is 4.65. The van der Waals surface area contributed by atoms with E-state index in [0.29, 0.717) is 26.3 Å². The molecule has 4 aromatic rings. The summed E-state index contributed by atoms with van der Waals surface area (Å²) >= 11 is 0. The van der Waals surface area contributed by atoms with Crippen molar-refractivity contribution in [3.8, 4) is 5.75 Å². The number of benzene rings is 4. The Hall–Kier alpha value is -3.97. The molecular formula is C35H39NO5. The lowest BCUT2D eigenvalue weighted by atomic mass is 10.1. The molecule has 0 aliphatic rings. The van der Waals surface area contributed by atoms with Crippen LogP contribution in [0.4, 0.5) is 0 Å². The Bertz CT molecular complexity index is 1290. The van der Waals surface area contributed by atoms with Gasteiger partial charge < -0.3 is 19.7 Å². The number of carbonyl (C=O) groups is 1. The number of aromatic carboxylic acids is 1. The van der Waals surface area contributed by atoms with E-state index in [0.717, 1.165) is 53.8 Å². The zero-order valence-electron chi connectivity index (χ0n) is 23.4. The van der Waals surface area contributed by atoms with Crippen molar-refractivity contribution in [1.82, 2.24) is 4.90 Å². The molecule has 0 aliphatic heterocycles. The molecule has 41 heavy (non-hydrogen) atoms. The van der Waals surface area contributed by atoms with Gasteiger partial charge in [0, 0.05) is 19.7 Å². The zero-order valence-corrected chi connectivity index (χ0v) is 23.4. The predicted octanol–water partition coefficient (Wildman–Crippen LogP) is 6.89. The summed E-state index contributed by atoms with van der Waals surface area (Å²) < 4.78 is 12.5. The smallest absolute Gasteiger partial charge is 0.335 e. The minimum Gasteiger partial charge on any atom is -0.489 e. The van der Waals surface area contributed by atoms with E-state index >= 15 is 0 Å². The van der Waals surface area contributed by atoms with E-state index in [2.05, 4.69) is 17.0 Å². The van der Waals surface area contributed by atoms with Crippen LogP contribution in [-0.2, 0) is 24.5 Å². The third kappa shape index (κ3) is 10.2. The second kappa shape index (κ2) is 16.3. The molecule has 4 aromatic carbocycles. The van der Waals surface area contributed by atoms with Crippen LogP contribution in [-0.4, -0.2) is 40.8 Å². The van der Waals surface area contributed by atoms with Gasteiger partial charge in [-0.25, -0.2) is 4.79 Å². The molecule has 1 unspecified atom stereocenters. The molecule has 0 radical (unpaired) electrons. The Morgan fingerprint density at radius 1 is 0.707 bits per heavy atom. The number of hydrogen-bond donors (Lipinski definition) is 2. The van der Waals surface area contributed by atoms with Gasteiger partial charge in [-0.2, -0.15) is 0 Å². The molecular weight excluding hydrogens is 514 g/mol. The number of aliphatic hydroxyl groups excluding tert-OH is 1. The summed E-state index contributed by atoms with van der Waals surface area (Å²) in [7, 11) is 0. The number of aliphatic hydroxyl groups is 1. The normalized spacial score (nSPS) is 11.9. The molecule has 214 valence electrons. The van der Waals surface area contributed by atoms with Crippen LogP contribution in [0.3, 0.4) is 0 Å². The minimum atomic E-state index is -0.925. The van der Waals surface area contributed by atoms with Gasteiger partial charge in [0.2, 0.25) is 0 Å². The van der Waals surface area contributed by atoms with E-state index in [9.17, 15) is 15.0 Å². The first-order valence-corrected chi connectivity index (χ1v) is 14.2. The maximum atomic E-state index is 11.3. The quantitative estimate of drug-likeness (QED) is 0.139. The van der Waals surface area contributed by atoms with Crippen molar-refractivity contribution in [2.75, 3.05) is 19.7 Å². The molecule has 0 amide bonds. The van der Waals surface area contributed by atoms with Crippen LogP contribution in [0.5, 0.6) is 5.75 Å². The van der Waals surface area contributed by atoms with Crippen LogP contribution < -0.4 is 4.74 Å².